The zero-order chi connectivity index (χ0) is 18.1. The maximum atomic E-state index is 12.4. The van der Waals surface area contributed by atoms with Gasteiger partial charge in [-0.1, -0.05) is 18.2 Å². The molecular formula is C19H24N6O. The average Bonchev–Trinajstić information content (AvgIpc) is 3.08. The Bertz CT molecular complexity index is 897. The third-order valence-corrected chi connectivity index (χ3v) is 5.01. The maximum Gasteiger partial charge on any atom is 0.320 e. The van der Waals surface area contributed by atoms with Crippen molar-refractivity contribution in [3.8, 4) is 0 Å². The van der Waals surface area contributed by atoms with Crippen molar-refractivity contribution >= 4 is 28.6 Å². The summed E-state index contributed by atoms with van der Waals surface area (Å²) in [7, 11) is 0. The van der Waals surface area contributed by atoms with Crippen LogP contribution in [0.4, 0.5) is 16.4 Å². The van der Waals surface area contributed by atoms with Crippen molar-refractivity contribution in [3.05, 3.63) is 35.6 Å². The number of carbonyl (C=O) groups is 1. The fourth-order valence-corrected chi connectivity index (χ4v) is 3.62. The quantitative estimate of drug-likeness (QED) is 0.789. The molecule has 1 aliphatic carbocycles. The predicted octanol–water partition coefficient (Wildman–Crippen LogP) is 3.13. The van der Waals surface area contributed by atoms with Crippen LogP contribution in [0.15, 0.2) is 29.9 Å². The van der Waals surface area contributed by atoms with Crippen LogP contribution >= 0.6 is 0 Å². The number of rotatable bonds is 4. The van der Waals surface area contributed by atoms with Crippen molar-refractivity contribution in [3.63, 3.8) is 0 Å². The van der Waals surface area contributed by atoms with E-state index in [-0.39, 0.29) is 12.1 Å². The van der Waals surface area contributed by atoms with Crippen LogP contribution in [0.25, 0.3) is 10.9 Å². The van der Waals surface area contributed by atoms with Crippen molar-refractivity contribution in [1.29, 1.82) is 0 Å². The molecule has 1 aliphatic heterocycles. The Hall–Kier alpha value is -2.83. The summed E-state index contributed by atoms with van der Waals surface area (Å²) in [5, 5.41) is 14.4. The maximum absolute atomic E-state index is 12.4. The molecular weight excluding hydrogens is 328 g/mol. The number of urea groups is 1. The van der Waals surface area contributed by atoms with Crippen LogP contribution in [0.1, 0.15) is 32.4 Å². The number of allylic oxidation sites excluding steroid dienone is 2. The molecule has 0 spiro atoms. The number of pyridine rings is 1. The van der Waals surface area contributed by atoms with Crippen molar-refractivity contribution in [2.24, 2.45) is 0 Å². The van der Waals surface area contributed by atoms with E-state index in [0.29, 0.717) is 5.82 Å². The molecule has 2 aromatic heterocycles. The molecule has 7 heteroatoms. The fourth-order valence-electron chi connectivity index (χ4n) is 3.62. The summed E-state index contributed by atoms with van der Waals surface area (Å²) in [6.45, 7) is 5.92. The Balaban J connectivity index is 1.50. The van der Waals surface area contributed by atoms with E-state index in [0.717, 1.165) is 60.3 Å². The molecule has 1 atom stereocenters. The molecule has 2 aromatic rings. The SMILES string of the molecule is CCN1CCc2nc(NC(=O)NC(C)C3=CCCC=C3)cc3[nH]nc1c23. The molecule has 0 fully saturated rings. The molecule has 136 valence electrons. The van der Waals surface area contributed by atoms with E-state index >= 15 is 0 Å². The molecule has 2 amide bonds. The lowest BCUT2D eigenvalue weighted by atomic mass is 10.0. The van der Waals surface area contributed by atoms with Crippen molar-refractivity contribution < 1.29 is 4.79 Å². The van der Waals surface area contributed by atoms with Crippen LogP contribution in [0.3, 0.4) is 0 Å². The number of nitrogens with zero attached hydrogens (tertiary/aromatic N) is 3. The van der Waals surface area contributed by atoms with E-state index in [1.807, 2.05) is 13.0 Å². The number of nitrogens with one attached hydrogen (secondary N) is 3. The lowest BCUT2D eigenvalue weighted by molar-refractivity contribution is 0.250. The summed E-state index contributed by atoms with van der Waals surface area (Å²) in [6.07, 6.45) is 9.33. The second-order valence-corrected chi connectivity index (χ2v) is 6.76. The van der Waals surface area contributed by atoms with E-state index in [1.54, 1.807) is 0 Å². The third kappa shape index (κ3) is 3.05. The van der Waals surface area contributed by atoms with Crippen LogP contribution in [-0.4, -0.2) is 40.3 Å². The highest BCUT2D eigenvalue weighted by atomic mass is 16.2. The second kappa shape index (κ2) is 6.82. The number of carbonyl (C=O) groups excluding carboxylic acids is 1. The summed E-state index contributed by atoms with van der Waals surface area (Å²) in [6, 6.07) is 1.56. The van der Waals surface area contributed by atoms with Gasteiger partial charge in [0.05, 0.1) is 22.6 Å². The van der Waals surface area contributed by atoms with Gasteiger partial charge >= 0.3 is 6.03 Å². The van der Waals surface area contributed by atoms with E-state index in [4.69, 9.17) is 0 Å². The van der Waals surface area contributed by atoms with Crippen molar-refractivity contribution in [2.45, 2.75) is 39.2 Å². The molecule has 0 bridgehead atoms. The number of amides is 2. The van der Waals surface area contributed by atoms with Gasteiger partial charge in [-0.3, -0.25) is 10.4 Å². The standard InChI is InChI=1S/C19H24N6O/c1-3-25-10-9-14-17-15(23-24-18(17)25)11-16(21-14)22-19(26)20-12(2)13-7-5-4-6-8-13/h5,7-8,11-12H,3-4,6,9-10H2,1-2H3,(H,23,24)(H2,20,21,22,26). The van der Waals surface area contributed by atoms with Gasteiger partial charge in [-0.25, -0.2) is 9.78 Å². The van der Waals surface area contributed by atoms with Crippen LogP contribution in [0, 0.1) is 0 Å². The Labute approximate surface area is 152 Å². The molecule has 26 heavy (non-hydrogen) atoms. The molecule has 2 aliphatic rings. The van der Waals surface area contributed by atoms with Gasteiger partial charge in [-0.2, -0.15) is 5.10 Å². The normalized spacial score (nSPS) is 17.2. The van der Waals surface area contributed by atoms with Crippen LogP contribution in [0.2, 0.25) is 0 Å². The number of hydrogen-bond donors (Lipinski definition) is 3. The molecule has 0 aromatic carbocycles. The minimum atomic E-state index is -0.248. The predicted molar refractivity (Wildman–Crippen MR) is 104 cm³/mol. The Morgan fingerprint density at radius 3 is 3.08 bits per heavy atom. The largest absolute Gasteiger partial charge is 0.354 e. The average molecular weight is 352 g/mol. The number of anilines is 2. The number of likely N-dealkylation sites (N-methyl/N-ethyl adjacent to an activating group) is 1. The van der Waals surface area contributed by atoms with Gasteiger partial charge in [0.2, 0.25) is 0 Å². The Kier molecular flexibility index (Phi) is 4.36. The molecule has 0 radical (unpaired) electrons. The summed E-state index contributed by atoms with van der Waals surface area (Å²) < 4.78 is 0. The van der Waals surface area contributed by atoms with E-state index < -0.39 is 0 Å². The first-order chi connectivity index (χ1) is 12.7. The highest BCUT2D eigenvalue weighted by Crippen LogP contribution is 2.32. The van der Waals surface area contributed by atoms with Crippen LogP contribution < -0.4 is 15.5 Å². The highest BCUT2D eigenvalue weighted by Gasteiger charge is 2.23. The molecule has 3 heterocycles. The van der Waals surface area contributed by atoms with Gasteiger partial charge in [0.15, 0.2) is 5.82 Å². The van der Waals surface area contributed by atoms with Gasteiger partial charge in [0, 0.05) is 25.6 Å². The van der Waals surface area contributed by atoms with Gasteiger partial charge in [0.1, 0.15) is 5.82 Å². The summed E-state index contributed by atoms with van der Waals surface area (Å²) in [5.74, 6) is 1.50. The number of aromatic amines is 1. The molecule has 0 saturated heterocycles. The highest BCUT2D eigenvalue weighted by molar-refractivity contribution is 5.97. The molecule has 0 saturated carbocycles. The van der Waals surface area contributed by atoms with Gasteiger partial charge in [-0.15, -0.1) is 0 Å². The molecule has 1 unspecified atom stereocenters. The third-order valence-electron chi connectivity index (χ3n) is 5.01. The topological polar surface area (TPSA) is 85.9 Å². The lowest BCUT2D eigenvalue weighted by Crippen LogP contribution is -2.37. The monoisotopic (exact) mass is 352 g/mol. The zero-order valence-corrected chi connectivity index (χ0v) is 15.2. The zero-order valence-electron chi connectivity index (χ0n) is 15.2. The first-order valence-corrected chi connectivity index (χ1v) is 9.22. The van der Waals surface area contributed by atoms with Crippen LogP contribution in [0.5, 0.6) is 0 Å². The summed E-state index contributed by atoms with van der Waals surface area (Å²) in [4.78, 5) is 19.3. The molecule has 3 N–H and O–H groups in total. The first kappa shape index (κ1) is 16.6. The minimum Gasteiger partial charge on any atom is -0.354 e. The van der Waals surface area contributed by atoms with Crippen molar-refractivity contribution in [2.75, 3.05) is 23.3 Å². The van der Waals surface area contributed by atoms with E-state index in [2.05, 4.69) is 55.9 Å². The smallest absolute Gasteiger partial charge is 0.320 e. The molecule has 7 nitrogen and oxygen atoms in total. The van der Waals surface area contributed by atoms with E-state index in [9.17, 15) is 4.79 Å². The van der Waals surface area contributed by atoms with Crippen LogP contribution in [-0.2, 0) is 6.42 Å². The van der Waals surface area contributed by atoms with Gasteiger partial charge in [0.25, 0.3) is 0 Å². The number of aromatic nitrogens is 3. The second-order valence-electron chi connectivity index (χ2n) is 6.76. The summed E-state index contributed by atoms with van der Waals surface area (Å²) >= 11 is 0. The Morgan fingerprint density at radius 2 is 2.31 bits per heavy atom. The van der Waals surface area contributed by atoms with Gasteiger partial charge in [-0.05, 0) is 32.3 Å². The minimum absolute atomic E-state index is 0.0366. The lowest BCUT2D eigenvalue weighted by Gasteiger charge is -2.25. The first-order valence-electron chi connectivity index (χ1n) is 9.22. The number of hydrogen-bond acceptors (Lipinski definition) is 4. The summed E-state index contributed by atoms with van der Waals surface area (Å²) in [5.41, 5.74) is 3.03. The fraction of sp³-hybridized carbons (Fsp3) is 0.421. The molecule has 4 rings (SSSR count). The number of H-pyrrole nitrogens is 1. The van der Waals surface area contributed by atoms with E-state index in [1.165, 1.54) is 0 Å². The van der Waals surface area contributed by atoms with Gasteiger partial charge < -0.3 is 10.2 Å². The van der Waals surface area contributed by atoms with Crippen molar-refractivity contribution in [1.82, 2.24) is 20.5 Å². The Morgan fingerprint density at radius 1 is 1.42 bits per heavy atom.